The van der Waals surface area contributed by atoms with Gasteiger partial charge in [-0.2, -0.15) is 0 Å². The molecule has 6 heterocycles. The molecule has 1 saturated carbocycles. The van der Waals surface area contributed by atoms with Crippen LogP contribution in [-0.2, 0) is 57.0 Å². The lowest BCUT2D eigenvalue weighted by molar-refractivity contribution is -0.342. The van der Waals surface area contributed by atoms with Crippen LogP contribution in [0.5, 0.6) is 11.5 Å². The summed E-state index contributed by atoms with van der Waals surface area (Å²) < 4.78 is 69.7. The molecule has 0 aromatic heterocycles. The topological polar surface area (TPSA) is 385 Å². The fourth-order valence-electron chi connectivity index (χ4n) is 10.2. The largest absolute Gasteiger partial charge is 0.477 e. The third-order valence-corrected chi connectivity index (χ3v) is 14.3. The predicted octanol–water partition coefficient (Wildman–Crippen LogP) is -4.30. The minimum atomic E-state index is -1.99. The molecular formula is C46H60O26. The van der Waals surface area contributed by atoms with Gasteiger partial charge in [0, 0.05) is 29.6 Å². The van der Waals surface area contributed by atoms with E-state index in [2.05, 4.69) is 6.58 Å². The second-order valence-electron chi connectivity index (χ2n) is 18.4. The molecule has 0 radical (unpaired) electrons. The van der Waals surface area contributed by atoms with Crippen molar-refractivity contribution in [1.82, 2.24) is 0 Å². The Hall–Kier alpha value is -4.59. The average Bonchev–Trinajstić information content (AvgIpc) is 3.71. The lowest BCUT2D eigenvalue weighted by Crippen LogP contribution is -2.62. The molecule has 26 nitrogen and oxygen atoms in total. The lowest BCUT2D eigenvalue weighted by Gasteiger charge is -2.45. The van der Waals surface area contributed by atoms with Crippen molar-refractivity contribution in [3.8, 4) is 11.5 Å². The maximum atomic E-state index is 14.7. The van der Waals surface area contributed by atoms with Crippen LogP contribution in [0.15, 0.2) is 54.5 Å². The molecule has 0 spiro atoms. The van der Waals surface area contributed by atoms with E-state index >= 15 is 0 Å². The third kappa shape index (κ3) is 10.2. The standard InChI is InChI=1S/C46H60O26/c1-4-17-18-8-9-62-40(59)21(18)14-63-42(17)71-46-38(34(55)31(52)27(13-49)69-46)70-37-19(6-5-7-23(37)66-44-35(56)32(53)29(50)25(11-47)67-44)41(60)65-24-10-20-22(39(58)61-3)15-64-43(28(20)16(24)2)72-45-36(57)33(54)30(51)26(12-48)68-45/h4-7,14-18,20,24-36,38,42-57H,1,8-13H2,2-3H3. The van der Waals surface area contributed by atoms with Gasteiger partial charge >= 0.3 is 17.9 Å². The Bertz CT molecular complexity index is 2170. The first-order valence-electron chi connectivity index (χ1n) is 23.3. The Kier molecular flexibility index (Phi) is 16.8. The van der Waals surface area contributed by atoms with Crippen molar-refractivity contribution in [2.45, 2.75) is 131 Å². The SMILES string of the molecule is C=CC1C(OC2OC(CO)C(O)C(O)C2Oc2c(OC3OC(CO)C(O)C(O)C3O)cccc2C(=O)OC2CC3C(C(=O)OC)=COC(OC4OC(CO)C(O)C(O)C4O)C3C2C)OC=C2C(=O)OCCC21. The molecule has 23 atom stereocenters. The number of aliphatic hydroxyl groups is 11. The number of benzene rings is 1. The first-order valence-corrected chi connectivity index (χ1v) is 23.3. The van der Waals surface area contributed by atoms with E-state index in [1.807, 2.05) is 0 Å². The zero-order valence-electron chi connectivity index (χ0n) is 38.7. The quantitative estimate of drug-likeness (QED) is 0.0450. The monoisotopic (exact) mass is 1030 g/mol. The normalized spacial score (nSPS) is 42.7. The highest BCUT2D eigenvalue weighted by Gasteiger charge is 2.56. The van der Waals surface area contributed by atoms with Gasteiger partial charge in [-0.15, -0.1) is 6.58 Å². The van der Waals surface area contributed by atoms with Gasteiger partial charge in [0.2, 0.25) is 25.2 Å². The number of ether oxygens (including phenoxy) is 12. The van der Waals surface area contributed by atoms with Gasteiger partial charge in [0.15, 0.2) is 23.9 Å². The summed E-state index contributed by atoms with van der Waals surface area (Å²) in [7, 11) is 1.14. The molecule has 11 N–H and O–H groups in total. The molecule has 4 saturated heterocycles. The number of cyclic esters (lactones) is 1. The summed E-state index contributed by atoms with van der Waals surface area (Å²) in [6.07, 6.45) is -26.1. The number of hydrogen-bond donors (Lipinski definition) is 11. The Labute approximate surface area is 410 Å². The van der Waals surface area contributed by atoms with Gasteiger partial charge in [0.25, 0.3) is 0 Å². The van der Waals surface area contributed by atoms with Crippen molar-refractivity contribution in [3.63, 3.8) is 0 Å². The number of aliphatic hydroxyl groups excluding tert-OH is 11. The summed E-state index contributed by atoms with van der Waals surface area (Å²) in [5, 5.41) is 116. The number of carbonyl (C=O) groups is 3. The molecule has 5 fully saturated rings. The van der Waals surface area contributed by atoms with Crippen LogP contribution in [-0.4, -0.2) is 218 Å². The Morgan fingerprint density at radius 3 is 1.94 bits per heavy atom. The molecule has 7 aliphatic rings. The Morgan fingerprint density at radius 1 is 0.708 bits per heavy atom. The van der Waals surface area contributed by atoms with E-state index in [4.69, 9.17) is 56.8 Å². The number of carbonyl (C=O) groups excluding carboxylic acids is 3. The zero-order chi connectivity index (χ0) is 51.9. The smallest absolute Gasteiger partial charge is 0.342 e. The van der Waals surface area contributed by atoms with E-state index in [0.29, 0.717) is 6.42 Å². The van der Waals surface area contributed by atoms with E-state index in [1.54, 1.807) is 6.92 Å². The molecule has 400 valence electrons. The second kappa shape index (κ2) is 22.5. The summed E-state index contributed by atoms with van der Waals surface area (Å²) in [4.78, 5) is 40.4. The number of esters is 3. The van der Waals surface area contributed by atoms with Gasteiger partial charge in [0.05, 0.1) is 57.2 Å². The van der Waals surface area contributed by atoms with E-state index in [1.165, 1.54) is 24.3 Å². The van der Waals surface area contributed by atoms with Crippen molar-refractivity contribution in [3.05, 3.63) is 60.1 Å². The van der Waals surface area contributed by atoms with E-state index in [0.717, 1.165) is 19.6 Å². The first kappa shape index (κ1) is 53.7. The van der Waals surface area contributed by atoms with Crippen LogP contribution in [0.4, 0.5) is 0 Å². The summed E-state index contributed by atoms with van der Waals surface area (Å²) >= 11 is 0. The van der Waals surface area contributed by atoms with Crippen LogP contribution < -0.4 is 9.47 Å². The molecule has 1 aliphatic carbocycles. The Balaban J connectivity index is 1.12. The van der Waals surface area contributed by atoms with E-state index < -0.39 is 195 Å². The van der Waals surface area contributed by atoms with Gasteiger partial charge in [-0.05, 0) is 25.0 Å². The second-order valence-corrected chi connectivity index (χ2v) is 18.4. The molecule has 1 aromatic rings. The minimum Gasteiger partial charge on any atom is -0.477 e. The highest BCUT2D eigenvalue weighted by Crippen LogP contribution is 2.50. The molecule has 0 amide bonds. The summed E-state index contributed by atoms with van der Waals surface area (Å²) in [5.74, 6) is -7.26. The molecular weight excluding hydrogens is 968 g/mol. The number of para-hydroxylation sites is 1. The summed E-state index contributed by atoms with van der Waals surface area (Å²) in [6.45, 7) is 3.18. The number of fused-ring (bicyclic) bond motifs is 2. The average molecular weight is 1030 g/mol. The van der Waals surface area contributed by atoms with Crippen LogP contribution in [0.1, 0.15) is 30.1 Å². The number of hydrogen-bond acceptors (Lipinski definition) is 26. The maximum absolute atomic E-state index is 14.7. The summed E-state index contributed by atoms with van der Waals surface area (Å²) in [5.41, 5.74) is -0.218. The van der Waals surface area contributed by atoms with Crippen LogP contribution in [0.3, 0.4) is 0 Å². The zero-order valence-corrected chi connectivity index (χ0v) is 38.7. The minimum absolute atomic E-state index is 0.0216. The highest BCUT2D eigenvalue weighted by molar-refractivity contribution is 5.94. The van der Waals surface area contributed by atoms with Gasteiger partial charge < -0.3 is 113 Å². The van der Waals surface area contributed by atoms with Gasteiger partial charge in [0.1, 0.15) is 78.8 Å². The van der Waals surface area contributed by atoms with Crippen LogP contribution >= 0.6 is 0 Å². The maximum Gasteiger partial charge on any atom is 0.342 e. The van der Waals surface area contributed by atoms with Crippen LogP contribution in [0.2, 0.25) is 0 Å². The van der Waals surface area contributed by atoms with E-state index in [-0.39, 0.29) is 24.2 Å². The highest BCUT2D eigenvalue weighted by atomic mass is 16.8. The molecule has 26 heteroatoms. The van der Waals surface area contributed by atoms with Crippen LogP contribution in [0, 0.1) is 29.6 Å². The van der Waals surface area contributed by atoms with Crippen molar-refractivity contribution in [1.29, 1.82) is 0 Å². The fraction of sp³-hybridized carbons (Fsp3) is 0.674. The third-order valence-electron chi connectivity index (χ3n) is 14.3. The van der Waals surface area contributed by atoms with Gasteiger partial charge in [-0.3, -0.25) is 0 Å². The van der Waals surface area contributed by atoms with Gasteiger partial charge in [-0.1, -0.05) is 19.1 Å². The van der Waals surface area contributed by atoms with Crippen molar-refractivity contribution < 1.29 is 127 Å². The van der Waals surface area contributed by atoms with Crippen molar-refractivity contribution in [2.24, 2.45) is 29.6 Å². The molecule has 8 rings (SSSR count). The summed E-state index contributed by atoms with van der Waals surface area (Å²) in [6, 6.07) is 3.72. The molecule has 23 unspecified atom stereocenters. The lowest BCUT2D eigenvalue weighted by atomic mass is 9.81. The first-order chi connectivity index (χ1) is 34.5. The molecule has 0 bridgehead atoms. The molecule has 6 aliphatic heterocycles. The van der Waals surface area contributed by atoms with Gasteiger partial charge in [-0.25, -0.2) is 14.4 Å². The van der Waals surface area contributed by atoms with Crippen molar-refractivity contribution in [2.75, 3.05) is 33.5 Å². The Morgan fingerprint density at radius 2 is 1.31 bits per heavy atom. The fourth-order valence-corrected chi connectivity index (χ4v) is 10.2. The van der Waals surface area contributed by atoms with Crippen molar-refractivity contribution >= 4 is 17.9 Å². The molecule has 72 heavy (non-hydrogen) atoms. The number of rotatable bonds is 15. The number of methoxy groups -OCH3 is 1. The van der Waals surface area contributed by atoms with Crippen LogP contribution in [0.25, 0.3) is 0 Å². The van der Waals surface area contributed by atoms with E-state index in [9.17, 15) is 70.6 Å². The predicted molar refractivity (Wildman–Crippen MR) is 230 cm³/mol. The molecule has 1 aromatic carbocycles.